The maximum atomic E-state index is 12.6. The summed E-state index contributed by atoms with van der Waals surface area (Å²) in [7, 11) is -1.24. The molecule has 0 spiro atoms. The average molecular weight is 317 g/mol. The van der Waals surface area contributed by atoms with Crippen molar-refractivity contribution >= 4 is 33.3 Å². The minimum absolute atomic E-state index is 0.0960. The highest BCUT2D eigenvalue weighted by Crippen LogP contribution is 2.26. The Hall–Kier alpha value is -1.87. The number of carbonyl (C=O) groups excluding carboxylic acids is 1. The molecule has 3 N–H and O–H groups in total. The molecular weight excluding hydrogens is 302 g/mol. The Labute approximate surface area is 122 Å². The number of primary amides is 1. The van der Waals surface area contributed by atoms with Crippen LogP contribution in [-0.4, -0.2) is 44.4 Å². The van der Waals surface area contributed by atoms with Crippen molar-refractivity contribution in [1.29, 1.82) is 0 Å². The maximum Gasteiger partial charge on any atom is 0.270 e. The number of thiocarbonyl (C=S) groups is 1. The van der Waals surface area contributed by atoms with Gasteiger partial charge in [-0.2, -0.15) is 0 Å². The smallest absolute Gasteiger partial charge is 0.270 e. The highest BCUT2D eigenvalue weighted by atomic mass is 32.2. The fourth-order valence-electron chi connectivity index (χ4n) is 1.48. The molecule has 0 heterocycles. The van der Waals surface area contributed by atoms with Crippen LogP contribution in [0, 0.1) is 0 Å². The van der Waals surface area contributed by atoms with E-state index in [-0.39, 0.29) is 15.8 Å². The fraction of sp³-hybridized carbons (Fsp3) is 0.273. The van der Waals surface area contributed by atoms with Gasteiger partial charge in [0.25, 0.3) is 10.0 Å². The number of ether oxygens (including phenoxy) is 1. The third-order valence-electron chi connectivity index (χ3n) is 2.38. The number of hydrogen-bond acceptors (Lipinski definition) is 5. The Morgan fingerprint density at radius 1 is 1.45 bits per heavy atom. The topological polar surface area (TPSA) is 102 Å². The molecule has 9 heteroatoms. The second kappa shape index (κ2) is 6.53. The van der Waals surface area contributed by atoms with Gasteiger partial charge < -0.3 is 15.8 Å². The third kappa shape index (κ3) is 3.36. The summed E-state index contributed by atoms with van der Waals surface area (Å²) in [6.07, 6.45) is 0. The second-order valence-electron chi connectivity index (χ2n) is 3.68. The monoisotopic (exact) mass is 317 g/mol. The Kier molecular flexibility index (Phi) is 5.28. The molecule has 110 valence electrons. The quantitative estimate of drug-likeness (QED) is 0.722. The molecule has 0 unspecified atom stereocenters. The van der Waals surface area contributed by atoms with Crippen LogP contribution in [0.3, 0.4) is 0 Å². The van der Waals surface area contributed by atoms with Crippen LogP contribution in [-0.2, 0) is 14.8 Å². The molecule has 1 aromatic rings. The number of rotatable bonds is 5. The van der Waals surface area contributed by atoms with E-state index in [0.717, 1.165) is 4.31 Å². The lowest BCUT2D eigenvalue weighted by Crippen LogP contribution is -2.46. The molecule has 0 bridgehead atoms. The van der Waals surface area contributed by atoms with Crippen molar-refractivity contribution in [3.63, 3.8) is 0 Å². The van der Waals surface area contributed by atoms with Crippen molar-refractivity contribution in [2.45, 2.75) is 4.90 Å². The lowest BCUT2D eigenvalue weighted by Gasteiger charge is -2.23. The summed E-state index contributed by atoms with van der Waals surface area (Å²) in [6, 6.07) is 6.03. The van der Waals surface area contributed by atoms with Crippen LogP contribution in [0.15, 0.2) is 29.2 Å². The Morgan fingerprint density at radius 3 is 2.55 bits per heavy atom. The Balaban J connectivity index is 3.36. The van der Waals surface area contributed by atoms with Crippen molar-refractivity contribution < 1.29 is 17.9 Å². The van der Waals surface area contributed by atoms with Crippen molar-refractivity contribution in [3.05, 3.63) is 24.3 Å². The minimum Gasteiger partial charge on any atom is -0.495 e. The molecule has 0 fully saturated rings. The fourth-order valence-corrected chi connectivity index (χ4v) is 3.34. The van der Waals surface area contributed by atoms with Gasteiger partial charge in [0.05, 0.1) is 7.11 Å². The van der Waals surface area contributed by atoms with Crippen LogP contribution >= 0.6 is 12.2 Å². The van der Waals surface area contributed by atoms with Gasteiger partial charge in [-0.25, -0.2) is 12.7 Å². The molecule has 1 amide bonds. The summed E-state index contributed by atoms with van der Waals surface area (Å²) in [6.45, 7) is -0.556. The van der Waals surface area contributed by atoms with E-state index in [0.29, 0.717) is 0 Å². The number of nitrogens with two attached hydrogens (primary N) is 1. The zero-order valence-corrected chi connectivity index (χ0v) is 12.6. The predicted molar refractivity (Wildman–Crippen MR) is 77.7 cm³/mol. The third-order valence-corrected chi connectivity index (χ3v) is 4.70. The van der Waals surface area contributed by atoms with Crippen molar-refractivity contribution in [2.75, 3.05) is 20.7 Å². The Morgan fingerprint density at radius 2 is 2.05 bits per heavy atom. The zero-order valence-electron chi connectivity index (χ0n) is 11.0. The van der Waals surface area contributed by atoms with Crippen molar-refractivity contribution in [1.82, 2.24) is 9.62 Å². The molecule has 1 rings (SSSR count). The Bertz CT molecular complexity index is 616. The molecule has 1 aromatic carbocycles. The van der Waals surface area contributed by atoms with Gasteiger partial charge >= 0.3 is 0 Å². The van der Waals surface area contributed by atoms with Gasteiger partial charge in [0.1, 0.15) is 17.2 Å². The molecular formula is C11H15N3O4S2. The van der Waals surface area contributed by atoms with Crippen molar-refractivity contribution in [3.8, 4) is 5.75 Å². The summed E-state index contributed by atoms with van der Waals surface area (Å²) in [4.78, 5) is 11.0. The molecule has 0 saturated heterocycles. The van der Waals surface area contributed by atoms with E-state index < -0.39 is 22.5 Å². The van der Waals surface area contributed by atoms with Gasteiger partial charge in [0.2, 0.25) is 5.91 Å². The largest absolute Gasteiger partial charge is 0.495 e. The minimum atomic E-state index is -4.05. The molecule has 0 saturated carbocycles. The summed E-state index contributed by atoms with van der Waals surface area (Å²) in [5.74, 6) is -0.665. The van der Waals surface area contributed by atoms with Crippen LogP contribution in [0.2, 0.25) is 0 Å². The van der Waals surface area contributed by atoms with E-state index in [9.17, 15) is 13.2 Å². The van der Waals surface area contributed by atoms with E-state index in [1.165, 1.54) is 26.3 Å². The van der Waals surface area contributed by atoms with Crippen LogP contribution < -0.4 is 15.8 Å². The SMILES string of the molecule is CNC(=S)N(CC(N)=O)S(=O)(=O)c1ccccc1OC. The highest BCUT2D eigenvalue weighted by Gasteiger charge is 2.30. The summed E-state index contributed by atoms with van der Waals surface area (Å²) in [5, 5.41) is 2.38. The van der Waals surface area contributed by atoms with Gasteiger partial charge in [-0.05, 0) is 24.4 Å². The first-order chi connectivity index (χ1) is 9.34. The van der Waals surface area contributed by atoms with Gasteiger partial charge in [-0.15, -0.1) is 0 Å². The summed E-state index contributed by atoms with van der Waals surface area (Å²) < 4.78 is 30.9. The lowest BCUT2D eigenvalue weighted by atomic mass is 10.3. The van der Waals surface area contributed by atoms with Crippen LogP contribution in [0.5, 0.6) is 5.75 Å². The molecule has 0 aliphatic carbocycles. The normalized spacial score (nSPS) is 10.7. The summed E-state index contributed by atoms with van der Waals surface area (Å²) in [5.41, 5.74) is 5.07. The standard InChI is InChI=1S/C11H15N3O4S2/c1-13-11(19)14(7-10(12)15)20(16,17)9-6-4-3-5-8(9)18-2/h3-6H,7H2,1-2H3,(H2,12,15)(H,13,19). The van der Waals surface area contributed by atoms with Gasteiger partial charge in [0, 0.05) is 7.05 Å². The number of para-hydroxylation sites is 1. The molecule has 0 aromatic heterocycles. The number of hydrogen-bond donors (Lipinski definition) is 2. The van der Waals surface area contributed by atoms with E-state index in [4.69, 9.17) is 22.7 Å². The number of nitrogens with zero attached hydrogens (tertiary/aromatic N) is 1. The number of carbonyl (C=O) groups is 1. The van der Waals surface area contributed by atoms with Gasteiger partial charge in [0.15, 0.2) is 5.11 Å². The zero-order chi connectivity index (χ0) is 15.3. The molecule has 7 nitrogen and oxygen atoms in total. The highest BCUT2D eigenvalue weighted by molar-refractivity contribution is 7.91. The first-order valence-electron chi connectivity index (χ1n) is 5.50. The van der Waals surface area contributed by atoms with Crippen LogP contribution in [0.25, 0.3) is 0 Å². The molecule has 0 aliphatic heterocycles. The maximum absolute atomic E-state index is 12.6. The number of sulfonamides is 1. The summed E-state index contributed by atoms with van der Waals surface area (Å²) >= 11 is 4.91. The van der Waals surface area contributed by atoms with E-state index in [1.54, 1.807) is 12.1 Å². The van der Waals surface area contributed by atoms with Crippen molar-refractivity contribution in [2.24, 2.45) is 5.73 Å². The number of benzene rings is 1. The molecule has 0 aliphatic rings. The first-order valence-corrected chi connectivity index (χ1v) is 7.35. The second-order valence-corrected chi connectivity index (χ2v) is 5.90. The van der Waals surface area contributed by atoms with E-state index in [1.807, 2.05) is 0 Å². The molecule has 0 atom stereocenters. The average Bonchev–Trinajstić information content (AvgIpc) is 2.43. The number of nitrogens with one attached hydrogen (secondary N) is 1. The van der Waals surface area contributed by atoms with Crippen LogP contribution in [0.4, 0.5) is 0 Å². The van der Waals surface area contributed by atoms with E-state index >= 15 is 0 Å². The van der Waals surface area contributed by atoms with E-state index in [2.05, 4.69) is 5.32 Å². The first kappa shape index (κ1) is 16.2. The predicted octanol–water partition coefficient (Wildman–Crippen LogP) is -0.324. The molecule has 0 radical (unpaired) electrons. The lowest BCUT2D eigenvalue weighted by molar-refractivity contribution is -0.117. The van der Waals surface area contributed by atoms with Crippen LogP contribution in [0.1, 0.15) is 0 Å². The number of methoxy groups -OCH3 is 1. The van der Waals surface area contributed by atoms with Gasteiger partial charge in [-0.3, -0.25) is 4.79 Å². The number of amides is 1. The van der Waals surface area contributed by atoms with Gasteiger partial charge in [-0.1, -0.05) is 12.1 Å². The molecule has 20 heavy (non-hydrogen) atoms.